The van der Waals surface area contributed by atoms with Crippen molar-refractivity contribution >= 4 is 11.8 Å². The first-order valence-electron chi connectivity index (χ1n) is 12.3. The smallest absolute Gasteiger partial charge is 0.306 e. The Kier molecular flexibility index (Phi) is 12.7. The molecule has 0 N–H and O–H groups in total. The Morgan fingerprint density at radius 1 is 0.853 bits per heavy atom. The van der Waals surface area contributed by atoms with Crippen molar-refractivity contribution in [3.05, 3.63) is 36.7 Å². The summed E-state index contributed by atoms with van der Waals surface area (Å²) in [6.45, 7) is 6.45. The van der Waals surface area contributed by atoms with Gasteiger partial charge in [-0.05, 0) is 51.0 Å². The van der Waals surface area contributed by atoms with Crippen LogP contribution in [0, 0.1) is 0 Å². The molecule has 0 aliphatic carbocycles. The topological polar surface area (TPSA) is 87.6 Å². The van der Waals surface area contributed by atoms with Gasteiger partial charge in [0.25, 0.3) is 0 Å². The molecule has 2 rings (SSSR count). The minimum atomic E-state index is -0.378. The Morgan fingerprint density at radius 2 is 1.53 bits per heavy atom. The van der Waals surface area contributed by atoms with Crippen LogP contribution in [-0.2, 0) is 14.3 Å². The predicted octanol–water partition coefficient (Wildman–Crippen LogP) is 5.95. The van der Waals surface area contributed by atoms with E-state index in [9.17, 15) is 9.59 Å². The van der Waals surface area contributed by atoms with Gasteiger partial charge in [0, 0.05) is 18.4 Å². The highest BCUT2D eigenvalue weighted by Crippen LogP contribution is 2.21. The van der Waals surface area contributed by atoms with Crippen molar-refractivity contribution in [3.63, 3.8) is 0 Å². The van der Waals surface area contributed by atoms with Crippen LogP contribution in [0.15, 0.2) is 36.7 Å². The van der Waals surface area contributed by atoms with Crippen LogP contribution in [-0.4, -0.2) is 41.0 Å². The summed E-state index contributed by atoms with van der Waals surface area (Å²) in [5.41, 5.74) is 0.875. The van der Waals surface area contributed by atoms with Crippen LogP contribution in [0.1, 0.15) is 78.6 Å². The lowest BCUT2D eigenvalue weighted by Gasteiger charge is -2.14. The summed E-state index contributed by atoms with van der Waals surface area (Å²) in [7, 11) is 0. The van der Waals surface area contributed by atoms with E-state index < -0.39 is 0 Å². The summed E-state index contributed by atoms with van der Waals surface area (Å²) in [5.74, 6) is 1.73. The Morgan fingerprint density at radius 3 is 2.21 bits per heavy atom. The average Bonchev–Trinajstić information content (AvgIpc) is 2.83. The second-order valence-corrected chi connectivity index (χ2v) is 8.55. The molecule has 186 valence electrons. The van der Waals surface area contributed by atoms with Crippen LogP contribution in [0.25, 0.3) is 11.4 Å². The minimum absolute atomic E-state index is 0.0748. The third kappa shape index (κ3) is 11.3. The third-order valence-corrected chi connectivity index (χ3v) is 5.23. The molecular weight excluding hydrogens is 432 g/mol. The first kappa shape index (κ1) is 27.3. The van der Waals surface area contributed by atoms with Gasteiger partial charge in [-0.2, -0.15) is 0 Å². The second kappa shape index (κ2) is 15.8. The maximum Gasteiger partial charge on any atom is 0.306 e. The van der Waals surface area contributed by atoms with Gasteiger partial charge in [0.05, 0.1) is 19.0 Å². The number of ketones is 1. The lowest BCUT2D eigenvalue weighted by molar-refractivity contribution is -0.149. The van der Waals surface area contributed by atoms with Gasteiger partial charge in [-0.15, -0.1) is 0 Å². The number of esters is 1. The molecule has 0 aliphatic heterocycles. The minimum Gasteiger partial charge on any atom is -0.490 e. The molecule has 1 aromatic heterocycles. The van der Waals surface area contributed by atoms with Gasteiger partial charge >= 0.3 is 5.97 Å². The summed E-state index contributed by atoms with van der Waals surface area (Å²) in [6, 6.07) is 7.45. The maximum atomic E-state index is 11.8. The number of carbonyl (C=O) groups excluding carboxylic acids is 2. The molecule has 0 radical (unpaired) electrons. The number of carbonyl (C=O) groups is 2. The van der Waals surface area contributed by atoms with Gasteiger partial charge in [-0.25, -0.2) is 9.97 Å². The van der Waals surface area contributed by atoms with Crippen LogP contribution in [0.2, 0.25) is 0 Å². The highest BCUT2D eigenvalue weighted by Gasteiger charge is 2.11. The van der Waals surface area contributed by atoms with Crippen LogP contribution >= 0.6 is 0 Å². The molecule has 0 bridgehead atoms. The molecule has 0 fully saturated rings. The molecule has 1 aromatic carbocycles. The van der Waals surface area contributed by atoms with Crippen molar-refractivity contribution in [2.24, 2.45) is 0 Å². The first-order chi connectivity index (χ1) is 16.5. The molecule has 7 heteroatoms. The molecule has 2 aromatic rings. The van der Waals surface area contributed by atoms with Crippen molar-refractivity contribution in [1.29, 1.82) is 0 Å². The van der Waals surface area contributed by atoms with Crippen molar-refractivity contribution in [2.75, 3.05) is 13.2 Å². The average molecular weight is 471 g/mol. The van der Waals surface area contributed by atoms with E-state index in [1.807, 2.05) is 24.3 Å². The SMILES string of the molecule is CCCCCCCCOc1cnc(-c2ccc(OCC(C)OC(=O)CCCC(C)=O)cc2)nc1. The normalized spacial score (nSPS) is 11.6. The number of hydrogen-bond acceptors (Lipinski definition) is 7. The monoisotopic (exact) mass is 470 g/mol. The van der Waals surface area contributed by atoms with Gasteiger partial charge in [-0.1, -0.05) is 39.0 Å². The number of rotatable bonds is 17. The van der Waals surface area contributed by atoms with E-state index >= 15 is 0 Å². The summed E-state index contributed by atoms with van der Waals surface area (Å²) < 4.78 is 16.8. The largest absolute Gasteiger partial charge is 0.490 e. The molecule has 1 unspecified atom stereocenters. The fourth-order valence-electron chi connectivity index (χ4n) is 3.33. The molecule has 0 saturated heterocycles. The molecule has 34 heavy (non-hydrogen) atoms. The molecule has 0 spiro atoms. The highest BCUT2D eigenvalue weighted by molar-refractivity contribution is 5.76. The van der Waals surface area contributed by atoms with E-state index in [1.165, 1.54) is 39.0 Å². The Bertz CT molecular complexity index is 852. The van der Waals surface area contributed by atoms with Crippen molar-refractivity contribution < 1.29 is 23.8 Å². The summed E-state index contributed by atoms with van der Waals surface area (Å²) >= 11 is 0. The number of Topliss-reactive ketones (excluding diaryl/α,β-unsaturated/α-hetero) is 1. The number of ether oxygens (including phenoxy) is 3. The number of nitrogens with zero attached hydrogens (tertiary/aromatic N) is 2. The highest BCUT2D eigenvalue weighted by atomic mass is 16.6. The third-order valence-electron chi connectivity index (χ3n) is 5.23. The molecule has 0 saturated carbocycles. The standard InChI is InChI=1S/C27H38N2O5/c1-4-5-6-7-8-9-17-32-25-18-28-27(29-19-25)23-13-15-24(16-14-23)33-20-22(3)34-26(31)12-10-11-21(2)30/h13-16,18-19,22H,4-12,17,20H2,1-3H3. The molecular formula is C27H38N2O5. The van der Waals surface area contributed by atoms with Crippen LogP contribution in [0.3, 0.4) is 0 Å². The van der Waals surface area contributed by atoms with E-state index in [2.05, 4.69) is 16.9 Å². The van der Waals surface area contributed by atoms with Crippen molar-refractivity contribution in [1.82, 2.24) is 9.97 Å². The zero-order chi connectivity index (χ0) is 24.6. The predicted molar refractivity (Wildman–Crippen MR) is 132 cm³/mol. The Labute approximate surface area is 203 Å². The van der Waals surface area contributed by atoms with Crippen LogP contribution in [0.5, 0.6) is 11.5 Å². The number of benzene rings is 1. The molecule has 0 aliphatic rings. The lowest BCUT2D eigenvalue weighted by atomic mass is 10.1. The first-order valence-corrected chi connectivity index (χ1v) is 12.3. The lowest BCUT2D eigenvalue weighted by Crippen LogP contribution is -2.22. The van der Waals surface area contributed by atoms with Gasteiger partial charge in [0.1, 0.15) is 24.2 Å². The van der Waals surface area contributed by atoms with Crippen molar-refractivity contribution in [3.8, 4) is 22.9 Å². The summed E-state index contributed by atoms with van der Waals surface area (Å²) in [4.78, 5) is 31.5. The summed E-state index contributed by atoms with van der Waals surface area (Å²) in [6.07, 6.45) is 11.5. The van der Waals surface area contributed by atoms with E-state index in [4.69, 9.17) is 14.2 Å². The zero-order valence-corrected chi connectivity index (χ0v) is 20.8. The molecule has 0 amide bonds. The molecule has 1 atom stereocenters. The summed E-state index contributed by atoms with van der Waals surface area (Å²) in [5, 5.41) is 0. The number of unbranched alkanes of at least 4 members (excludes halogenated alkanes) is 5. The van der Waals surface area contributed by atoms with E-state index in [1.54, 1.807) is 19.3 Å². The van der Waals surface area contributed by atoms with Crippen molar-refractivity contribution in [2.45, 2.75) is 84.7 Å². The fraction of sp³-hybridized carbons (Fsp3) is 0.556. The molecule has 7 nitrogen and oxygen atoms in total. The quantitative estimate of drug-likeness (QED) is 0.208. The van der Waals surface area contributed by atoms with Gasteiger partial charge in [0.2, 0.25) is 0 Å². The number of hydrogen-bond donors (Lipinski definition) is 0. The van der Waals surface area contributed by atoms with Gasteiger partial charge in [0.15, 0.2) is 11.6 Å². The molecule has 1 heterocycles. The van der Waals surface area contributed by atoms with Crippen LogP contribution < -0.4 is 9.47 Å². The van der Waals surface area contributed by atoms with E-state index in [-0.39, 0.29) is 30.9 Å². The fourth-order valence-corrected chi connectivity index (χ4v) is 3.33. The van der Waals surface area contributed by atoms with Gasteiger partial charge < -0.3 is 19.0 Å². The maximum absolute atomic E-state index is 11.8. The zero-order valence-electron chi connectivity index (χ0n) is 20.8. The van der Waals surface area contributed by atoms with E-state index in [0.29, 0.717) is 36.8 Å². The Balaban J connectivity index is 1.70. The van der Waals surface area contributed by atoms with E-state index in [0.717, 1.165) is 12.0 Å². The Hall–Kier alpha value is -2.96. The number of aromatic nitrogens is 2. The van der Waals surface area contributed by atoms with Gasteiger partial charge in [-0.3, -0.25) is 4.79 Å². The van der Waals surface area contributed by atoms with Crippen LogP contribution in [0.4, 0.5) is 0 Å². The second-order valence-electron chi connectivity index (χ2n) is 8.55.